The Balaban J connectivity index is 1.64. The van der Waals surface area contributed by atoms with E-state index >= 15 is 0 Å². The monoisotopic (exact) mass is 390 g/mol. The molecule has 1 aliphatic rings. The van der Waals surface area contributed by atoms with Crippen molar-refractivity contribution in [3.8, 4) is 11.5 Å². The Kier molecular flexibility index (Phi) is 5.36. The Morgan fingerprint density at radius 2 is 1.97 bits per heavy atom. The van der Waals surface area contributed by atoms with E-state index in [-0.39, 0.29) is 0 Å². The highest BCUT2D eigenvalue weighted by molar-refractivity contribution is 5.99. The van der Waals surface area contributed by atoms with E-state index in [2.05, 4.69) is 39.1 Å². The fraction of sp³-hybridized carbons (Fsp3) is 0.304. The quantitative estimate of drug-likeness (QED) is 0.535. The van der Waals surface area contributed by atoms with Gasteiger partial charge in [0.1, 0.15) is 5.84 Å². The van der Waals surface area contributed by atoms with Gasteiger partial charge in [-0.05, 0) is 35.2 Å². The number of nitrogens with zero attached hydrogens (tertiary/aromatic N) is 3. The van der Waals surface area contributed by atoms with Crippen molar-refractivity contribution in [3.05, 3.63) is 64.8 Å². The van der Waals surface area contributed by atoms with Gasteiger partial charge in [-0.3, -0.25) is 14.9 Å². The van der Waals surface area contributed by atoms with E-state index in [1.54, 1.807) is 21.3 Å². The van der Waals surface area contributed by atoms with Crippen LogP contribution in [0, 0.1) is 0 Å². The number of hydrogen-bond donors (Lipinski definition) is 1. The number of amidine groups is 1. The summed E-state index contributed by atoms with van der Waals surface area (Å²) < 4.78 is 10.9. The summed E-state index contributed by atoms with van der Waals surface area (Å²) >= 11 is 0. The molecular formula is C23H26N4O2. The zero-order chi connectivity index (χ0) is 20.4. The molecule has 0 atom stereocenters. The van der Waals surface area contributed by atoms with Gasteiger partial charge in [0.15, 0.2) is 11.5 Å². The fourth-order valence-corrected chi connectivity index (χ4v) is 4.07. The van der Waals surface area contributed by atoms with Crippen molar-refractivity contribution in [1.29, 1.82) is 0 Å². The van der Waals surface area contributed by atoms with Gasteiger partial charge in [0.05, 0.1) is 19.7 Å². The highest BCUT2D eigenvalue weighted by Crippen LogP contribution is 2.33. The van der Waals surface area contributed by atoms with Crippen molar-refractivity contribution in [3.63, 3.8) is 0 Å². The number of benzene rings is 2. The van der Waals surface area contributed by atoms with Crippen molar-refractivity contribution in [2.24, 2.45) is 10.7 Å². The van der Waals surface area contributed by atoms with Gasteiger partial charge in [-0.15, -0.1) is 0 Å². The summed E-state index contributed by atoms with van der Waals surface area (Å²) in [6, 6.07) is 12.4. The SMILES string of the molecule is CN=C(N)c1cccc2c1CCN(Cc1ccnc3cc(OC)c(OC)cc13)C2. The summed E-state index contributed by atoms with van der Waals surface area (Å²) in [4.78, 5) is 11.1. The first kappa shape index (κ1) is 19.2. The molecule has 150 valence electrons. The second-order valence-electron chi connectivity index (χ2n) is 7.21. The lowest BCUT2D eigenvalue weighted by Crippen LogP contribution is -2.32. The van der Waals surface area contributed by atoms with Crippen LogP contribution < -0.4 is 15.2 Å². The van der Waals surface area contributed by atoms with Crippen molar-refractivity contribution in [1.82, 2.24) is 9.88 Å². The summed E-state index contributed by atoms with van der Waals surface area (Å²) in [5.41, 5.74) is 11.9. The molecule has 29 heavy (non-hydrogen) atoms. The first-order chi connectivity index (χ1) is 14.1. The third-order valence-electron chi connectivity index (χ3n) is 5.59. The molecule has 0 fully saturated rings. The number of aromatic nitrogens is 1. The van der Waals surface area contributed by atoms with Gasteiger partial charge in [-0.25, -0.2) is 0 Å². The Labute approximate surface area is 171 Å². The van der Waals surface area contributed by atoms with Crippen LogP contribution in [0.3, 0.4) is 0 Å². The van der Waals surface area contributed by atoms with E-state index in [0.717, 1.165) is 48.3 Å². The molecule has 0 radical (unpaired) electrons. The van der Waals surface area contributed by atoms with Gasteiger partial charge >= 0.3 is 0 Å². The minimum Gasteiger partial charge on any atom is -0.493 e. The first-order valence-electron chi connectivity index (χ1n) is 9.70. The molecule has 4 rings (SSSR count). The second-order valence-corrected chi connectivity index (χ2v) is 7.21. The van der Waals surface area contributed by atoms with E-state index in [9.17, 15) is 0 Å². The van der Waals surface area contributed by atoms with Gasteiger partial charge < -0.3 is 15.2 Å². The Bertz CT molecular complexity index is 1080. The van der Waals surface area contributed by atoms with Crippen LogP contribution in [-0.2, 0) is 19.5 Å². The molecule has 2 N–H and O–H groups in total. The molecule has 6 nitrogen and oxygen atoms in total. The van der Waals surface area contributed by atoms with Crippen LogP contribution in [0.15, 0.2) is 47.6 Å². The van der Waals surface area contributed by atoms with Gasteiger partial charge in [0.25, 0.3) is 0 Å². The van der Waals surface area contributed by atoms with Crippen LogP contribution in [0.4, 0.5) is 0 Å². The summed E-state index contributed by atoms with van der Waals surface area (Å²) in [5, 5.41) is 1.09. The standard InChI is InChI=1S/C23H26N4O2/c1-25-23(24)18-6-4-5-15-13-27(10-8-17(15)18)14-16-7-9-26-20-12-22(29-3)21(28-2)11-19(16)20/h4-7,9,11-12H,8,10,13-14H2,1-3H3,(H2,24,25). The van der Waals surface area contributed by atoms with E-state index in [1.807, 2.05) is 18.3 Å². The highest BCUT2D eigenvalue weighted by Gasteiger charge is 2.21. The lowest BCUT2D eigenvalue weighted by Gasteiger charge is -2.30. The van der Waals surface area contributed by atoms with Gasteiger partial charge in [-0.1, -0.05) is 18.2 Å². The molecule has 2 heterocycles. The summed E-state index contributed by atoms with van der Waals surface area (Å²) in [7, 11) is 5.04. The van der Waals surface area contributed by atoms with E-state index in [4.69, 9.17) is 15.2 Å². The molecule has 6 heteroatoms. The maximum atomic E-state index is 6.10. The zero-order valence-electron chi connectivity index (χ0n) is 17.1. The maximum absolute atomic E-state index is 6.10. The molecule has 0 saturated heterocycles. The normalized spacial score (nSPS) is 14.7. The smallest absolute Gasteiger partial charge is 0.162 e. The number of methoxy groups -OCH3 is 2. The average Bonchev–Trinajstić information content (AvgIpc) is 2.77. The van der Waals surface area contributed by atoms with Crippen LogP contribution in [0.25, 0.3) is 10.9 Å². The number of fused-ring (bicyclic) bond motifs is 2. The van der Waals surface area contributed by atoms with E-state index < -0.39 is 0 Å². The molecule has 0 aliphatic carbocycles. The van der Waals surface area contributed by atoms with Crippen molar-refractivity contribution < 1.29 is 9.47 Å². The van der Waals surface area contributed by atoms with Crippen LogP contribution in [0.1, 0.15) is 22.3 Å². The zero-order valence-corrected chi connectivity index (χ0v) is 17.1. The molecule has 1 aromatic heterocycles. The third kappa shape index (κ3) is 3.63. The summed E-state index contributed by atoms with van der Waals surface area (Å²) in [6.45, 7) is 2.70. The molecule has 1 aliphatic heterocycles. The van der Waals surface area contributed by atoms with Gasteiger partial charge in [0, 0.05) is 49.9 Å². The van der Waals surface area contributed by atoms with Crippen LogP contribution in [-0.4, -0.2) is 43.5 Å². The van der Waals surface area contributed by atoms with Gasteiger partial charge in [0.2, 0.25) is 0 Å². The number of pyridine rings is 1. The predicted octanol–water partition coefficient (Wildman–Crippen LogP) is 3.15. The lowest BCUT2D eigenvalue weighted by molar-refractivity contribution is 0.246. The molecule has 0 amide bonds. The van der Waals surface area contributed by atoms with Crippen molar-refractivity contribution in [2.75, 3.05) is 27.8 Å². The largest absolute Gasteiger partial charge is 0.493 e. The Morgan fingerprint density at radius 3 is 2.72 bits per heavy atom. The highest BCUT2D eigenvalue weighted by atomic mass is 16.5. The second kappa shape index (κ2) is 8.09. The number of hydrogen-bond acceptors (Lipinski definition) is 5. The molecular weight excluding hydrogens is 364 g/mol. The molecule has 2 aromatic carbocycles. The van der Waals surface area contributed by atoms with Crippen LogP contribution in [0.5, 0.6) is 11.5 Å². The maximum Gasteiger partial charge on any atom is 0.162 e. The van der Waals surface area contributed by atoms with E-state index in [1.165, 1.54) is 16.7 Å². The van der Waals surface area contributed by atoms with E-state index in [0.29, 0.717) is 11.6 Å². The Hall–Kier alpha value is -3.12. The number of aliphatic imine (C=N–C) groups is 1. The summed E-state index contributed by atoms with van der Waals surface area (Å²) in [6.07, 6.45) is 2.82. The first-order valence-corrected chi connectivity index (χ1v) is 9.70. The molecule has 0 unspecified atom stereocenters. The third-order valence-corrected chi connectivity index (χ3v) is 5.59. The molecule has 0 spiro atoms. The van der Waals surface area contributed by atoms with Crippen LogP contribution >= 0.6 is 0 Å². The number of ether oxygens (including phenoxy) is 2. The van der Waals surface area contributed by atoms with Crippen molar-refractivity contribution >= 4 is 16.7 Å². The number of rotatable bonds is 5. The topological polar surface area (TPSA) is 73.0 Å². The molecule has 0 saturated carbocycles. The summed E-state index contributed by atoms with van der Waals surface area (Å²) in [5.74, 6) is 2.02. The Morgan fingerprint density at radius 1 is 1.17 bits per heavy atom. The average molecular weight is 390 g/mol. The minimum absolute atomic E-state index is 0.608. The number of nitrogens with two attached hydrogens (primary N) is 1. The predicted molar refractivity (Wildman–Crippen MR) is 116 cm³/mol. The van der Waals surface area contributed by atoms with Crippen molar-refractivity contribution in [2.45, 2.75) is 19.5 Å². The molecule has 3 aromatic rings. The van der Waals surface area contributed by atoms with Crippen LogP contribution in [0.2, 0.25) is 0 Å². The minimum atomic E-state index is 0.608. The lowest BCUT2D eigenvalue weighted by atomic mass is 9.93. The fourth-order valence-electron chi connectivity index (χ4n) is 4.07. The molecule has 0 bridgehead atoms. The van der Waals surface area contributed by atoms with Gasteiger partial charge in [-0.2, -0.15) is 0 Å².